The average molecular weight is 337 g/mol. The third-order valence-corrected chi connectivity index (χ3v) is 5.06. The van der Waals surface area contributed by atoms with Gasteiger partial charge >= 0.3 is 0 Å². The Morgan fingerprint density at radius 3 is 2.08 bits per heavy atom. The number of hydrogen-bond donors (Lipinski definition) is 0. The molecule has 0 saturated heterocycles. The SMILES string of the molecule is Cc1cn2c(-c3ccccc3)c3c(c2c2ccccc12)C(=O)C=CC3=O. The lowest BCUT2D eigenvalue weighted by Gasteiger charge is -2.09. The number of fused-ring (bicyclic) bond motifs is 5. The normalized spacial score (nSPS) is 13.6. The molecule has 0 atom stereocenters. The molecule has 1 aliphatic rings. The van der Waals surface area contributed by atoms with Crippen LogP contribution in [0, 0.1) is 6.92 Å². The number of aromatic nitrogens is 1. The molecule has 0 aliphatic heterocycles. The summed E-state index contributed by atoms with van der Waals surface area (Å²) in [6.07, 6.45) is 4.79. The van der Waals surface area contributed by atoms with E-state index in [0.29, 0.717) is 11.1 Å². The van der Waals surface area contributed by atoms with Crippen LogP contribution in [0.25, 0.3) is 27.5 Å². The number of pyridine rings is 1. The molecule has 1 aliphatic carbocycles. The molecular weight excluding hydrogens is 322 g/mol. The monoisotopic (exact) mass is 337 g/mol. The summed E-state index contributed by atoms with van der Waals surface area (Å²) in [6.45, 7) is 2.05. The van der Waals surface area contributed by atoms with Gasteiger partial charge in [-0.3, -0.25) is 9.59 Å². The number of allylic oxidation sites excluding steroid dienone is 2. The highest BCUT2D eigenvalue weighted by Crippen LogP contribution is 2.38. The summed E-state index contributed by atoms with van der Waals surface area (Å²) in [5, 5.41) is 2.08. The predicted octanol–water partition coefficient (Wildman–Crippen LogP) is 5.00. The van der Waals surface area contributed by atoms with Crippen LogP contribution in [-0.2, 0) is 0 Å². The maximum Gasteiger partial charge on any atom is 0.188 e. The Morgan fingerprint density at radius 2 is 1.35 bits per heavy atom. The zero-order valence-electron chi connectivity index (χ0n) is 14.2. The molecule has 2 aromatic carbocycles. The number of carbonyl (C=O) groups is 2. The van der Waals surface area contributed by atoms with E-state index in [1.807, 2.05) is 59.1 Å². The average Bonchev–Trinajstić information content (AvgIpc) is 3.02. The summed E-state index contributed by atoms with van der Waals surface area (Å²) in [5.74, 6) is -0.239. The van der Waals surface area contributed by atoms with Gasteiger partial charge in [0.15, 0.2) is 11.6 Å². The first-order chi connectivity index (χ1) is 12.7. The van der Waals surface area contributed by atoms with Crippen LogP contribution < -0.4 is 0 Å². The van der Waals surface area contributed by atoms with Crippen molar-refractivity contribution in [3.8, 4) is 11.3 Å². The van der Waals surface area contributed by atoms with Crippen LogP contribution in [-0.4, -0.2) is 16.0 Å². The number of hydrogen-bond acceptors (Lipinski definition) is 2. The standard InChI is InChI=1S/C23H15NO2/c1-14-13-24-22(15-7-3-2-4-8-15)20-18(25)11-12-19(26)21(20)23(24)17-10-6-5-9-16(14)17/h2-13H,1H3. The molecule has 2 heterocycles. The van der Waals surface area contributed by atoms with Crippen LogP contribution >= 0.6 is 0 Å². The third kappa shape index (κ3) is 1.88. The minimum atomic E-state index is -0.121. The molecule has 124 valence electrons. The van der Waals surface area contributed by atoms with Crippen LogP contribution in [0.15, 0.2) is 72.9 Å². The number of carbonyl (C=O) groups excluding carboxylic acids is 2. The van der Waals surface area contributed by atoms with Crippen LogP contribution in [0.5, 0.6) is 0 Å². The molecule has 0 N–H and O–H groups in total. The summed E-state index contributed by atoms with van der Waals surface area (Å²) >= 11 is 0. The Hall–Kier alpha value is -3.46. The Kier molecular flexibility index (Phi) is 3.01. The smallest absolute Gasteiger partial charge is 0.188 e. The van der Waals surface area contributed by atoms with E-state index in [2.05, 4.69) is 13.0 Å². The van der Waals surface area contributed by atoms with Gasteiger partial charge in [0.25, 0.3) is 0 Å². The van der Waals surface area contributed by atoms with Crippen molar-refractivity contribution in [3.05, 3.63) is 89.6 Å². The zero-order valence-corrected chi connectivity index (χ0v) is 14.2. The molecule has 26 heavy (non-hydrogen) atoms. The molecule has 2 aromatic heterocycles. The van der Waals surface area contributed by atoms with Crippen LogP contribution in [0.2, 0.25) is 0 Å². The highest BCUT2D eigenvalue weighted by Gasteiger charge is 2.30. The van der Waals surface area contributed by atoms with Gasteiger partial charge in [-0.05, 0) is 35.6 Å². The molecule has 0 bridgehead atoms. The molecule has 0 fully saturated rings. The Morgan fingerprint density at radius 1 is 0.731 bits per heavy atom. The lowest BCUT2D eigenvalue weighted by molar-refractivity contribution is 0.0996. The van der Waals surface area contributed by atoms with E-state index < -0.39 is 0 Å². The molecule has 3 nitrogen and oxygen atoms in total. The molecule has 0 saturated carbocycles. The zero-order chi connectivity index (χ0) is 17.8. The highest BCUT2D eigenvalue weighted by atomic mass is 16.1. The summed E-state index contributed by atoms with van der Waals surface area (Å²) in [4.78, 5) is 25.5. The van der Waals surface area contributed by atoms with Crippen LogP contribution in [0.3, 0.4) is 0 Å². The van der Waals surface area contributed by atoms with E-state index in [9.17, 15) is 9.59 Å². The highest BCUT2D eigenvalue weighted by molar-refractivity contribution is 6.29. The summed E-state index contributed by atoms with van der Waals surface area (Å²) in [7, 11) is 0. The first kappa shape index (κ1) is 14.8. The van der Waals surface area contributed by atoms with Crippen molar-refractivity contribution >= 4 is 27.9 Å². The number of benzene rings is 2. The number of aryl methyl sites for hydroxylation is 1. The number of rotatable bonds is 1. The molecule has 3 heteroatoms. The van der Waals surface area contributed by atoms with Gasteiger partial charge in [0, 0.05) is 11.6 Å². The second-order valence-corrected chi connectivity index (χ2v) is 6.60. The third-order valence-electron chi connectivity index (χ3n) is 5.06. The molecule has 0 amide bonds. The molecule has 0 radical (unpaired) electrons. The Balaban J connectivity index is 2.08. The quantitative estimate of drug-likeness (QED) is 0.490. The molecular formula is C23H15NO2. The van der Waals surface area contributed by atoms with Crippen molar-refractivity contribution in [2.45, 2.75) is 6.92 Å². The van der Waals surface area contributed by atoms with Crippen molar-refractivity contribution in [1.82, 2.24) is 4.40 Å². The van der Waals surface area contributed by atoms with Gasteiger partial charge in [-0.25, -0.2) is 0 Å². The number of nitrogens with zero attached hydrogens (tertiary/aromatic N) is 1. The van der Waals surface area contributed by atoms with Crippen molar-refractivity contribution in [1.29, 1.82) is 0 Å². The Bertz CT molecular complexity index is 1260. The van der Waals surface area contributed by atoms with E-state index in [1.54, 1.807) is 0 Å². The molecule has 5 rings (SSSR count). The van der Waals surface area contributed by atoms with E-state index in [4.69, 9.17) is 0 Å². The summed E-state index contributed by atoms with van der Waals surface area (Å²) < 4.78 is 2.01. The van der Waals surface area contributed by atoms with Crippen molar-refractivity contribution in [2.24, 2.45) is 0 Å². The van der Waals surface area contributed by atoms with Gasteiger partial charge in [0.2, 0.25) is 0 Å². The van der Waals surface area contributed by atoms with Gasteiger partial charge in [0.1, 0.15) is 0 Å². The second-order valence-electron chi connectivity index (χ2n) is 6.60. The lowest BCUT2D eigenvalue weighted by atomic mass is 9.93. The first-order valence-corrected chi connectivity index (χ1v) is 8.55. The van der Waals surface area contributed by atoms with Gasteiger partial charge in [-0.1, -0.05) is 54.6 Å². The first-order valence-electron chi connectivity index (χ1n) is 8.55. The van der Waals surface area contributed by atoms with Gasteiger partial charge in [-0.2, -0.15) is 0 Å². The van der Waals surface area contributed by atoms with E-state index >= 15 is 0 Å². The minimum Gasteiger partial charge on any atom is -0.314 e. The fourth-order valence-electron chi connectivity index (χ4n) is 3.96. The largest absolute Gasteiger partial charge is 0.314 e. The van der Waals surface area contributed by atoms with Gasteiger partial charge in [0.05, 0.1) is 22.3 Å². The summed E-state index contributed by atoms with van der Waals surface area (Å²) in [5.41, 5.74) is 4.63. The van der Waals surface area contributed by atoms with Crippen molar-refractivity contribution in [3.63, 3.8) is 0 Å². The van der Waals surface area contributed by atoms with Crippen molar-refractivity contribution in [2.75, 3.05) is 0 Å². The van der Waals surface area contributed by atoms with Gasteiger partial charge in [-0.15, -0.1) is 0 Å². The van der Waals surface area contributed by atoms with Crippen molar-refractivity contribution < 1.29 is 9.59 Å². The minimum absolute atomic E-state index is 0.117. The fourth-order valence-corrected chi connectivity index (χ4v) is 3.96. The predicted molar refractivity (Wildman–Crippen MR) is 103 cm³/mol. The fraction of sp³-hybridized carbons (Fsp3) is 0.0435. The van der Waals surface area contributed by atoms with E-state index in [1.165, 1.54) is 12.2 Å². The van der Waals surface area contributed by atoms with Crippen LogP contribution in [0.1, 0.15) is 26.3 Å². The molecule has 0 unspecified atom stereocenters. The topological polar surface area (TPSA) is 38.5 Å². The second kappa shape index (κ2) is 5.27. The lowest BCUT2D eigenvalue weighted by Crippen LogP contribution is -2.10. The van der Waals surface area contributed by atoms with Gasteiger partial charge < -0.3 is 4.40 Å². The molecule has 4 aromatic rings. The summed E-state index contributed by atoms with van der Waals surface area (Å²) in [6, 6.07) is 17.8. The van der Waals surface area contributed by atoms with E-state index in [0.717, 1.165) is 33.1 Å². The maximum atomic E-state index is 12.8. The van der Waals surface area contributed by atoms with Crippen LogP contribution in [0.4, 0.5) is 0 Å². The van der Waals surface area contributed by atoms with E-state index in [-0.39, 0.29) is 11.6 Å². The number of ketones is 2. The maximum absolute atomic E-state index is 12.8. The molecule has 0 spiro atoms. The Labute approximate surface area is 150 Å².